The predicted molar refractivity (Wildman–Crippen MR) is 79.5 cm³/mol. The molecule has 0 aliphatic heterocycles. The van der Waals surface area contributed by atoms with Gasteiger partial charge in [-0.15, -0.1) is 11.3 Å². The quantitative estimate of drug-likeness (QED) is 0.922. The Balaban J connectivity index is 2.27. The first-order valence-corrected chi connectivity index (χ1v) is 8.50. The Labute approximate surface area is 126 Å². The van der Waals surface area contributed by atoms with Crippen LogP contribution >= 0.6 is 34.5 Å². The molecule has 1 aromatic heterocycles. The SMILES string of the molecule is Cc1cc(S(=O)(=O)NCc2cccs2)c(Cl)cc1Cl. The number of nitrogens with one attached hydrogen (secondary N) is 1. The minimum Gasteiger partial charge on any atom is -0.207 e. The molecule has 0 unspecified atom stereocenters. The Hall–Kier alpha value is -0.590. The highest BCUT2D eigenvalue weighted by Gasteiger charge is 2.19. The maximum absolute atomic E-state index is 12.2. The molecule has 0 atom stereocenters. The van der Waals surface area contributed by atoms with Crippen LogP contribution in [0.3, 0.4) is 0 Å². The average molecular weight is 336 g/mol. The van der Waals surface area contributed by atoms with Gasteiger partial charge in [0.1, 0.15) is 4.90 Å². The number of rotatable bonds is 4. The van der Waals surface area contributed by atoms with Gasteiger partial charge in [0.25, 0.3) is 0 Å². The number of hydrogen-bond donors (Lipinski definition) is 1. The van der Waals surface area contributed by atoms with Crippen LogP contribution in [0.25, 0.3) is 0 Å². The lowest BCUT2D eigenvalue weighted by molar-refractivity contribution is 0.582. The maximum atomic E-state index is 12.2. The molecule has 3 nitrogen and oxygen atoms in total. The number of halogens is 2. The summed E-state index contributed by atoms with van der Waals surface area (Å²) in [7, 11) is -3.64. The molecule has 1 aromatic carbocycles. The van der Waals surface area contributed by atoms with E-state index in [2.05, 4.69) is 4.72 Å². The normalized spacial score (nSPS) is 11.7. The van der Waals surface area contributed by atoms with E-state index in [1.807, 2.05) is 17.5 Å². The van der Waals surface area contributed by atoms with Crippen molar-refractivity contribution in [1.82, 2.24) is 4.72 Å². The monoisotopic (exact) mass is 335 g/mol. The smallest absolute Gasteiger partial charge is 0.207 e. The van der Waals surface area contributed by atoms with Crippen molar-refractivity contribution in [3.05, 3.63) is 50.1 Å². The summed E-state index contributed by atoms with van der Waals surface area (Å²) in [5.41, 5.74) is 0.669. The molecule has 0 aliphatic carbocycles. The number of benzene rings is 1. The maximum Gasteiger partial charge on any atom is 0.242 e. The minimum atomic E-state index is -3.64. The average Bonchev–Trinajstić information content (AvgIpc) is 2.84. The highest BCUT2D eigenvalue weighted by molar-refractivity contribution is 7.89. The predicted octanol–water partition coefficient (Wildman–Crippen LogP) is 3.84. The second kappa shape index (κ2) is 5.81. The molecule has 1 heterocycles. The molecule has 1 N–H and O–H groups in total. The zero-order chi connectivity index (χ0) is 14.0. The molecule has 2 aromatic rings. The van der Waals surface area contributed by atoms with Crippen LogP contribution in [-0.4, -0.2) is 8.42 Å². The lowest BCUT2D eigenvalue weighted by Gasteiger charge is -2.09. The van der Waals surface area contributed by atoms with Crippen molar-refractivity contribution in [1.29, 1.82) is 0 Å². The number of aryl methyl sites for hydroxylation is 1. The van der Waals surface area contributed by atoms with Gasteiger partial charge in [-0.05, 0) is 36.1 Å². The summed E-state index contributed by atoms with van der Waals surface area (Å²) in [4.78, 5) is 0.984. The summed E-state index contributed by atoms with van der Waals surface area (Å²) in [6.45, 7) is 1.98. The lowest BCUT2D eigenvalue weighted by atomic mass is 10.2. The van der Waals surface area contributed by atoms with Crippen LogP contribution in [0.15, 0.2) is 34.5 Å². The Morgan fingerprint density at radius 3 is 2.63 bits per heavy atom. The number of sulfonamides is 1. The van der Waals surface area contributed by atoms with Crippen molar-refractivity contribution >= 4 is 44.6 Å². The highest BCUT2D eigenvalue weighted by Crippen LogP contribution is 2.28. The van der Waals surface area contributed by atoms with Crippen LogP contribution < -0.4 is 4.72 Å². The first kappa shape index (κ1) is 14.8. The Bertz CT molecular complexity index is 682. The van der Waals surface area contributed by atoms with E-state index < -0.39 is 10.0 Å². The molecule has 0 saturated heterocycles. The minimum absolute atomic E-state index is 0.0487. The Morgan fingerprint density at radius 2 is 2.00 bits per heavy atom. The fourth-order valence-electron chi connectivity index (χ4n) is 1.49. The van der Waals surface area contributed by atoms with Gasteiger partial charge in [0.15, 0.2) is 0 Å². The Kier molecular flexibility index (Phi) is 4.53. The molecule has 7 heteroatoms. The summed E-state index contributed by atoms with van der Waals surface area (Å²) in [5, 5.41) is 2.46. The first-order chi connectivity index (χ1) is 8.90. The topological polar surface area (TPSA) is 46.2 Å². The van der Waals surface area contributed by atoms with Gasteiger partial charge in [-0.3, -0.25) is 0 Å². The second-order valence-corrected chi connectivity index (χ2v) is 7.52. The fraction of sp³-hybridized carbons (Fsp3) is 0.167. The molecular weight excluding hydrogens is 325 g/mol. The van der Waals surface area contributed by atoms with Crippen molar-refractivity contribution in [2.75, 3.05) is 0 Å². The molecule has 0 radical (unpaired) electrons. The molecule has 0 amide bonds. The van der Waals surface area contributed by atoms with E-state index in [0.717, 1.165) is 4.88 Å². The van der Waals surface area contributed by atoms with Gasteiger partial charge in [-0.2, -0.15) is 0 Å². The molecule has 102 valence electrons. The van der Waals surface area contributed by atoms with Gasteiger partial charge in [0, 0.05) is 16.4 Å². The summed E-state index contributed by atoms with van der Waals surface area (Å²) in [6.07, 6.45) is 0. The van der Waals surface area contributed by atoms with Crippen LogP contribution in [0.2, 0.25) is 10.0 Å². The largest absolute Gasteiger partial charge is 0.242 e. The molecule has 19 heavy (non-hydrogen) atoms. The van der Waals surface area contributed by atoms with E-state index in [9.17, 15) is 8.42 Å². The van der Waals surface area contributed by atoms with Crippen LogP contribution in [0, 0.1) is 6.92 Å². The van der Waals surface area contributed by atoms with Gasteiger partial charge in [0.05, 0.1) is 5.02 Å². The van der Waals surface area contributed by atoms with Crippen molar-refractivity contribution in [2.45, 2.75) is 18.4 Å². The summed E-state index contributed by atoms with van der Waals surface area (Å²) < 4.78 is 26.9. The lowest BCUT2D eigenvalue weighted by Crippen LogP contribution is -2.23. The third-order valence-corrected chi connectivity index (χ3v) is 5.67. The van der Waals surface area contributed by atoms with Gasteiger partial charge in [-0.25, -0.2) is 13.1 Å². The van der Waals surface area contributed by atoms with Crippen LogP contribution in [0.5, 0.6) is 0 Å². The van der Waals surface area contributed by atoms with Crippen molar-refractivity contribution in [2.24, 2.45) is 0 Å². The molecule has 0 aliphatic rings. The number of thiophene rings is 1. The molecule has 0 spiro atoms. The first-order valence-electron chi connectivity index (χ1n) is 5.38. The van der Waals surface area contributed by atoms with E-state index in [1.165, 1.54) is 23.5 Å². The van der Waals surface area contributed by atoms with E-state index in [1.54, 1.807) is 6.92 Å². The van der Waals surface area contributed by atoms with E-state index in [-0.39, 0.29) is 16.5 Å². The molecule has 0 bridgehead atoms. The molecular formula is C12H11Cl2NO2S2. The molecule has 0 saturated carbocycles. The van der Waals surface area contributed by atoms with E-state index in [4.69, 9.17) is 23.2 Å². The van der Waals surface area contributed by atoms with Crippen molar-refractivity contribution in [3.63, 3.8) is 0 Å². The summed E-state index contributed by atoms with van der Waals surface area (Å²) >= 11 is 13.3. The zero-order valence-electron chi connectivity index (χ0n) is 9.98. The standard InChI is InChI=1S/C12H11Cl2NO2S2/c1-8-5-12(11(14)6-10(8)13)19(16,17)15-7-9-3-2-4-18-9/h2-6,15H,7H2,1H3. The third kappa shape index (κ3) is 3.49. The summed E-state index contributed by atoms with van der Waals surface area (Å²) in [5.74, 6) is 0. The Morgan fingerprint density at radius 1 is 1.26 bits per heavy atom. The van der Waals surface area contributed by atoms with Crippen molar-refractivity contribution < 1.29 is 8.42 Å². The third-order valence-electron chi connectivity index (χ3n) is 2.52. The van der Waals surface area contributed by atoms with Crippen LogP contribution in [0.1, 0.15) is 10.4 Å². The van der Waals surface area contributed by atoms with Gasteiger partial charge in [0.2, 0.25) is 10.0 Å². The van der Waals surface area contributed by atoms with Gasteiger partial charge < -0.3 is 0 Å². The number of hydrogen-bond acceptors (Lipinski definition) is 3. The zero-order valence-corrected chi connectivity index (χ0v) is 13.1. The van der Waals surface area contributed by atoms with Crippen LogP contribution in [0.4, 0.5) is 0 Å². The fourth-order valence-corrected chi connectivity index (χ4v) is 4.07. The molecule has 0 fully saturated rings. The van der Waals surface area contributed by atoms with Gasteiger partial charge in [-0.1, -0.05) is 29.3 Å². The van der Waals surface area contributed by atoms with E-state index in [0.29, 0.717) is 10.6 Å². The molecule has 2 rings (SSSR count). The summed E-state index contributed by atoms with van der Waals surface area (Å²) in [6, 6.07) is 6.65. The van der Waals surface area contributed by atoms with Crippen molar-refractivity contribution in [3.8, 4) is 0 Å². The van der Waals surface area contributed by atoms with Gasteiger partial charge >= 0.3 is 0 Å². The second-order valence-electron chi connectivity index (χ2n) is 3.94. The highest BCUT2D eigenvalue weighted by atomic mass is 35.5. The van der Waals surface area contributed by atoms with E-state index >= 15 is 0 Å². The van der Waals surface area contributed by atoms with Crippen LogP contribution in [-0.2, 0) is 16.6 Å².